The maximum absolute atomic E-state index is 10.2. The van der Waals surface area contributed by atoms with E-state index in [2.05, 4.69) is 40.0 Å². The van der Waals surface area contributed by atoms with Gasteiger partial charge in [-0.3, -0.25) is 0 Å². The van der Waals surface area contributed by atoms with Gasteiger partial charge < -0.3 is 10.0 Å². The first-order valence-corrected chi connectivity index (χ1v) is 8.09. The highest BCUT2D eigenvalue weighted by Crippen LogP contribution is 2.25. The summed E-state index contributed by atoms with van der Waals surface area (Å²) in [5, 5.41) is 10.9. The number of hydrogen-bond acceptors (Lipinski definition) is 2. The Morgan fingerprint density at radius 3 is 2.67 bits per heavy atom. The van der Waals surface area contributed by atoms with Crippen LogP contribution < -0.4 is 0 Å². The third-order valence-corrected chi connectivity index (χ3v) is 4.23. The number of rotatable bonds is 6. The zero-order valence-electron chi connectivity index (χ0n) is 12.0. The van der Waals surface area contributed by atoms with E-state index >= 15 is 0 Å². The van der Waals surface area contributed by atoms with Gasteiger partial charge in [-0.05, 0) is 42.8 Å². The van der Waals surface area contributed by atoms with Gasteiger partial charge >= 0.3 is 0 Å². The highest BCUT2D eigenvalue weighted by Gasteiger charge is 2.12. The molecule has 0 heterocycles. The van der Waals surface area contributed by atoms with E-state index in [0.717, 1.165) is 23.1 Å². The molecule has 0 saturated heterocycles. The fourth-order valence-corrected chi connectivity index (χ4v) is 2.98. The predicted octanol–water partition coefficient (Wildman–Crippen LogP) is 4.66. The molecule has 0 amide bonds. The first-order chi connectivity index (χ1) is 10.1. The first kappa shape index (κ1) is 16.5. The fourth-order valence-electron chi connectivity index (χ4n) is 2.27. The van der Waals surface area contributed by atoms with Gasteiger partial charge in [-0.15, -0.1) is 0 Å². The Balaban J connectivity index is 1.86. The smallest absolute Gasteiger partial charge is 0.0816 e. The summed E-state index contributed by atoms with van der Waals surface area (Å²) < 4.78 is 1.09. The molecular weight excluding hydrogens is 350 g/mol. The third kappa shape index (κ3) is 5.11. The minimum atomic E-state index is -0.524. The van der Waals surface area contributed by atoms with Crippen LogP contribution in [0.15, 0.2) is 53.0 Å². The highest BCUT2D eigenvalue weighted by molar-refractivity contribution is 9.10. The molecule has 2 aromatic rings. The molecule has 0 aliphatic carbocycles. The Morgan fingerprint density at radius 1 is 1.19 bits per heavy atom. The summed E-state index contributed by atoms with van der Waals surface area (Å²) in [6.45, 7) is 1.66. The Kier molecular flexibility index (Phi) is 6.24. The van der Waals surface area contributed by atoms with Crippen LogP contribution in [0.3, 0.4) is 0 Å². The second-order valence-corrected chi connectivity index (χ2v) is 6.52. The zero-order valence-corrected chi connectivity index (χ0v) is 14.3. The van der Waals surface area contributed by atoms with Crippen LogP contribution >= 0.6 is 27.5 Å². The molecule has 21 heavy (non-hydrogen) atoms. The van der Waals surface area contributed by atoms with Crippen molar-refractivity contribution in [3.05, 3.63) is 69.2 Å². The number of halogens is 2. The van der Waals surface area contributed by atoms with Crippen LogP contribution in [0.2, 0.25) is 5.02 Å². The summed E-state index contributed by atoms with van der Waals surface area (Å²) in [6, 6.07) is 15.7. The molecule has 0 radical (unpaired) electrons. The maximum Gasteiger partial charge on any atom is 0.0816 e. The summed E-state index contributed by atoms with van der Waals surface area (Å²) in [7, 11) is 2.06. The molecule has 2 rings (SSSR count). The van der Waals surface area contributed by atoms with Gasteiger partial charge in [-0.1, -0.05) is 57.9 Å². The van der Waals surface area contributed by atoms with Crippen LogP contribution in [0, 0.1) is 0 Å². The Morgan fingerprint density at radius 2 is 1.95 bits per heavy atom. The van der Waals surface area contributed by atoms with E-state index in [1.807, 2.05) is 36.4 Å². The molecule has 0 aliphatic heterocycles. The lowest BCUT2D eigenvalue weighted by Gasteiger charge is -2.19. The summed E-state index contributed by atoms with van der Waals surface area (Å²) >= 11 is 9.58. The molecule has 0 aliphatic rings. The summed E-state index contributed by atoms with van der Waals surface area (Å²) in [5.41, 5.74) is 2.05. The highest BCUT2D eigenvalue weighted by atomic mass is 79.9. The molecule has 112 valence electrons. The fraction of sp³-hybridized carbons (Fsp3) is 0.294. The van der Waals surface area contributed by atoms with E-state index in [1.54, 1.807) is 0 Å². The first-order valence-electron chi connectivity index (χ1n) is 6.92. The van der Waals surface area contributed by atoms with Crippen LogP contribution in [0.5, 0.6) is 0 Å². The lowest BCUT2D eigenvalue weighted by molar-refractivity contribution is 0.148. The predicted molar refractivity (Wildman–Crippen MR) is 91.5 cm³/mol. The average molecular weight is 369 g/mol. The Hall–Kier alpha value is -0.870. The number of hydrogen-bond donors (Lipinski definition) is 1. The molecule has 0 bridgehead atoms. The lowest BCUT2D eigenvalue weighted by atomic mass is 10.1. The lowest BCUT2D eigenvalue weighted by Crippen LogP contribution is -2.21. The van der Waals surface area contributed by atoms with Crippen molar-refractivity contribution in [2.24, 2.45) is 0 Å². The number of aliphatic hydroxyl groups is 1. The number of aliphatic hydroxyl groups excluding tert-OH is 1. The Labute approximate surface area is 139 Å². The van der Waals surface area contributed by atoms with E-state index in [0.29, 0.717) is 11.4 Å². The van der Waals surface area contributed by atoms with Crippen molar-refractivity contribution in [1.82, 2.24) is 4.90 Å². The molecule has 0 spiro atoms. The van der Waals surface area contributed by atoms with E-state index in [1.165, 1.54) is 5.56 Å². The van der Waals surface area contributed by atoms with E-state index in [9.17, 15) is 5.11 Å². The van der Waals surface area contributed by atoms with Gasteiger partial charge in [0.25, 0.3) is 0 Å². The SMILES string of the molecule is CN(CCC(O)c1ccccc1Cl)Cc1cccc(Br)c1. The molecule has 1 unspecified atom stereocenters. The van der Waals surface area contributed by atoms with Gasteiger partial charge in [0, 0.05) is 22.6 Å². The van der Waals surface area contributed by atoms with Gasteiger partial charge in [0.2, 0.25) is 0 Å². The average Bonchev–Trinajstić information content (AvgIpc) is 2.45. The third-order valence-electron chi connectivity index (χ3n) is 3.39. The minimum Gasteiger partial charge on any atom is -0.388 e. The standard InChI is InChI=1S/C17H19BrClNO/c1-20(12-13-5-4-6-14(18)11-13)10-9-17(21)15-7-2-3-8-16(15)19/h2-8,11,17,21H,9-10,12H2,1H3. The Bertz CT molecular complexity index is 591. The number of nitrogens with zero attached hydrogens (tertiary/aromatic N) is 1. The van der Waals surface area contributed by atoms with E-state index in [4.69, 9.17) is 11.6 Å². The maximum atomic E-state index is 10.2. The van der Waals surface area contributed by atoms with Gasteiger partial charge in [-0.2, -0.15) is 0 Å². The van der Waals surface area contributed by atoms with Crippen molar-refractivity contribution in [1.29, 1.82) is 0 Å². The van der Waals surface area contributed by atoms with Crippen molar-refractivity contribution < 1.29 is 5.11 Å². The van der Waals surface area contributed by atoms with E-state index < -0.39 is 6.10 Å². The molecule has 2 aromatic carbocycles. The molecule has 1 atom stereocenters. The monoisotopic (exact) mass is 367 g/mol. The topological polar surface area (TPSA) is 23.5 Å². The van der Waals surface area contributed by atoms with Gasteiger partial charge in [0.1, 0.15) is 0 Å². The summed E-state index contributed by atoms with van der Waals surface area (Å²) in [6.07, 6.45) is 0.137. The van der Waals surface area contributed by atoms with Gasteiger partial charge in [0.05, 0.1) is 6.10 Å². The van der Waals surface area contributed by atoms with Crippen molar-refractivity contribution in [2.75, 3.05) is 13.6 Å². The van der Waals surface area contributed by atoms with E-state index in [-0.39, 0.29) is 0 Å². The molecule has 0 fully saturated rings. The molecule has 2 nitrogen and oxygen atoms in total. The second-order valence-electron chi connectivity index (χ2n) is 5.19. The minimum absolute atomic E-state index is 0.524. The second kappa shape index (κ2) is 7.95. The van der Waals surface area contributed by atoms with Crippen LogP contribution in [0.4, 0.5) is 0 Å². The van der Waals surface area contributed by atoms with Crippen LogP contribution in [-0.2, 0) is 6.54 Å². The van der Waals surface area contributed by atoms with Gasteiger partial charge in [-0.25, -0.2) is 0 Å². The van der Waals surface area contributed by atoms with Crippen LogP contribution in [0.25, 0.3) is 0 Å². The van der Waals surface area contributed by atoms with Gasteiger partial charge in [0.15, 0.2) is 0 Å². The molecule has 0 aromatic heterocycles. The molecule has 4 heteroatoms. The summed E-state index contributed by atoms with van der Waals surface area (Å²) in [4.78, 5) is 2.20. The largest absolute Gasteiger partial charge is 0.388 e. The quantitative estimate of drug-likeness (QED) is 0.801. The van der Waals surface area contributed by atoms with Crippen molar-refractivity contribution >= 4 is 27.5 Å². The zero-order chi connectivity index (χ0) is 15.2. The van der Waals surface area contributed by atoms with Crippen molar-refractivity contribution in [2.45, 2.75) is 19.1 Å². The molecular formula is C17H19BrClNO. The van der Waals surface area contributed by atoms with Crippen molar-refractivity contribution in [3.63, 3.8) is 0 Å². The normalized spacial score (nSPS) is 12.6. The number of benzene rings is 2. The van der Waals surface area contributed by atoms with Crippen LogP contribution in [0.1, 0.15) is 23.7 Å². The van der Waals surface area contributed by atoms with Crippen molar-refractivity contribution in [3.8, 4) is 0 Å². The molecule has 0 saturated carbocycles. The van der Waals surface area contributed by atoms with Crippen LogP contribution in [-0.4, -0.2) is 23.6 Å². The molecule has 1 N–H and O–H groups in total. The summed E-state index contributed by atoms with van der Waals surface area (Å²) in [5.74, 6) is 0.